The molecule has 28 heavy (non-hydrogen) atoms. The van der Waals surface area contributed by atoms with Gasteiger partial charge in [-0.3, -0.25) is 4.79 Å². The van der Waals surface area contributed by atoms with E-state index in [0.29, 0.717) is 18.8 Å². The highest BCUT2D eigenvalue weighted by Gasteiger charge is 2.22. The Kier molecular flexibility index (Phi) is 11.0. The Balaban J connectivity index is 0.000000280. The van der Waals surface area contributed by atoms with Crippen LogP contribution in [0.1, 0.15) is 58.3 Å². The summed E-state index contributed by atoms with van der Waals surface area (Å²) in [6.45, 7) is 5.49. The summed E-state index contributed by atoms with van der Waals surface area (Å²) >= 11 is 0. The Labute approximate surface area is 169 Å². The highest BCUT2D eigenvalue weighted by atomic mass is 16.4. The summed E-state index contributed by atoms with van der Waals surface area (Å²) in [5, 5.41) is 18.0. The topological polar surface area (TPSA) is 77.8 Å². The summed E-state index contributed by atoms with van der Waals surface area (Å²) in [5.41, 5.74) is 0.932. The molecular weight excluding hydrogens is 354 g/mol. The molecule has 1 aromatic carbocycles. The maximum absolute atomic E-state index is 10.9. The van der Waals surface area contributed by atoms with Crippen LogP contribution in [-0.2, 0) is 9.59 Å². The summed E-state index contributed by atoms with van der Waals surface area (Å²) < 4.78 is 0. The molecule has 0 radical (unpaired) electrons. The molecule has 2 N–H and O–H groups in total. The standard InChI is InChI=1S/C12H20O2.C11H15NO2/c1-2-6-11(12(13)14)9-10-7-4-3-5-8-10;1-3-10(11(13)14)12(2)9-7-5-4-6-8-9/h2,10-11H,1,3-9H2,(H,13,14);4-8,10H,3H2,1-2H3,(H,13,14)/t;10-/m.0/s1. The first kappa shape index (κ1) is 23.7. The van der Waals surface area contributed by atoms with Crippen LogP contribution >= 0.6 is 0 Å². The fourth-order valence-corrected chi connectivity index (χ4v) is 3.78. The number of para-hydroxylation sites is 1. The molecule has 0 amide bonds. The minimum atomic E-state index is -0.779. The number of carboxylic acids is 2. The van der Waals surface area contributed by atoms with Crippen molar-refractivity contribution in [3.63, 3.8) is 0 Å². The van der Waals surface area contributed by atoms with E-state index in [9.17, 15) is 9.59 Å². The normalized spacial score (nSPS) is 16.2. The van der Waals surface area contributed by atoms with Crippen molar-refractivity contribution in [2.45, 2.75) is 64.3 Å². The van der Waals surface area contributed by atoms with Gasteiger partial charge in [-0.05, 0) is 37.3 Å². The van der Waals surface area contributed by atoms with Crippen molar-refractivity contribution < 1.29 is 19.8 Å². The highest BCUT2D eigenvalue weighted by molar-refractivity contribution is 5.77. The number of hydrogen-bond acceptors (Lipinski definition) is 3. The van der Waals surface area contributed by atoms with Crippen LogP contribution < -0.4 is 4.90 Å². The zero-order valence-electron chi connectivity index (χ0n) is 17.2. The van der Waals surface area contributed by atoms with Crippen molar-refractivity contribution in [3.8, 4) is 0 Å². The van der Waals surface area contributed by atoms with E-state index in [1.165, 1.54) is 32.1 Å². The molecular formula is C23H35NO4. The molecule has 2 atom stereocenters. The molecule has 5 nitrogen and oxygen atoms in total. The van der Waals surface area contributed by atoms with Gasteiger partial charge in [-0.25, -0.2) is 4.79 Å². The lowest BCUT2D eigenvalue weighted by Gasteiger charge is -2.25. The van der Waals surface area contributed by atoms with Crippen molar-refractivity contribution in [2.24, 2.45) is 11.8 Å². The summed E-state index contributed by atoms with van der Waals surface area (Å²) in [4.78, 5) is 23.6. The van der Waals surface area contributed by atoms with E-state index >= 15 is 0 Å². The lowest BCUT2D eigenvalue weighted by Crippen LogP contribution is -2.37. The molecule has 0 bridgehead atoms. The molecule has 1 saturated carbocycles. The first-order valence-corrected chi connectivity index (χ1v) is 10.2. The largest absolute Gasteiger partial charge is 0.481 e. The van der Waals surface area contributed by atoms with Gasteiger partial charge in [0.05, 0.1) is 5.92 Å². The second-order valence-electron chi connectivity index (χ2n) is 7.51. The number of benzene rings is 1. The first-order chi connectivity index (χ1) is 13.4. The number of carboxylic acid groups (broad SMARTS) is 2. The SMILES string of the molecule is C=CCC(CC1CCCCC1)C(=O)O.CC[C@@H](C(=O)O)N(C)c1ccccc1. The number of allylic oxidation sites excluding steroid dienone is 1. The minimum absolute atomic E-state index is 0.199. The average Bonchev–Trinajstić information content (AvgIpc) is 2.70. The van der Waals surface area contributed by atoms with E-state index in [1.54, 1.807) is 18.0 Å². The third kappa shape index (κ3) is 8.15. The number of aliphatic carboxylic acids is 2. The van der Waals surface area contributed by atoms with Crippen LogP contribution in [0.3, 0.4) is 0 Å². The van der Waals surface area contributed by atoms with E-state index in [2.05, 4.69) is 6.58 Å². The maximum Gasteiger partial charge on any atom is 0.326 e. The molecule has 0 aliphatic heterocycles. The number of nitrogens with zero attached hydrogens (tertiary/aromatic N) is 1. The third-order valence-corrected chi connectivity index (χ3v) is 5.45. The maximum atomic E-state index is 10.9. The average molecular weight is 390 g/mol. The summed E-state index contributed by atoms with van der Waals surface area (Å²) in [5.74, 6) is -0.991. The van der Waals surface area contributed by atoms with E-state index in [1.807, 2.05) is 37.3 Å². The Morgan fingerprint density at radius 3 is 2.21 bits per heavy atom. The molecule has 0 spiro atoms. The summed E-state index contributed by atoms with van der Waals surface area (Å²) in [6.07, 6.45) is 10.1. The van der Waals surface area contributed by atoms with Crippen molar-refractivity contribution in [1.82, 2.24) is 0 Å². The number of carbonyl (C=O) groups is 2. The van der Waals surface area contributed by atoms with Crippen LogP contribution in [-0.4, -0.2) is 35.2 Å². The van der Waals surface area contributed by atoms with Crippen LogP contribution in [0.2, 0.25) is 0 Å². The quantitative estimate of drug-likeness (QED) is 0.566. The molecule has 5 heteroatoms. The van der Waals surface area contributed by atoms with Crippen LogP contribution in [0.4, 0.5) is 5.69 Å². The molecule has 1 unspecified atom stereocenters. The number of hydrogen-bond donors (Lipinski definition) is 2. The molecule has 1 aromatic rings. The molecule has 1 aliphatic rings. The van der Waals surface area contributed by atoms with Crippen LogP contribution in [0, 0.1) is 11.8 Å². The van der Waals surface area contributed by atoms with Gasteiger partial charge in [0.25, 0.3) is 0 Å². The van der Waals surface area contributed by atoms with Crippen LogP contribution in [0.15, 0.2) is 43.0 Å². The van der Waals surface area contributed by atoms with Gasteiger partial charge >= 0.3 is 11.9 Å². The smallest absolute Gasteiger partial charge is 0.326 e. The van der Waals surface area contributed by atoms with E-state index in [-0.39, 0.29) is 5.92 Å². The third-order valence-electron chi connectivity index (χ3n) is 5.45. The second kappa shape index (κ2) is 13.0. The Bertz CT molecular complexity index is 596. The molecule has 156 valence electrons. The molecule has 0 aromatic heterocycles. The van der Waals surface area contributed by atoms with Crippen molar-refractivity contribution in [2.75, 3.05) is 11.9 Å². The lowest BCUT2D eigenvalue weighted by atomic mass is 9.82. The Hall–Kier alpha value is -2.30. The second-order valence-corrected chi connectivity index (χ2v) is 7.51. The lowest BCUT2D eigenvalue weighted by molar-refractivity contribution is -0.142. The fraction of sp³-hybridized carbons (Fsp3) is 0.565. The van der Waals surface area contributed by atoms with E-state index in [4.69, 9.17) is 10.2 Å². The Morgan fingerprint density at radius 2 is 1.75 bits per heavy atom. The van der Waals surface area contributed by atoms with Crippen molar-refractivity contribution in [1.29, 1.82) is 0 Å². The van der Waals surface area contributed by atoms with Gasteiger partial charge in [0.2, 0.25) is 0 Å². The van der Waals surface area contributed by atoms with Crippen LogP contribution in [0.25, 0.3) is 0 Å². The number of rotatable bonds is 9. The van der Waals surface area contributed by atoms with Gasteiger partial charge in [0.15, 0.2) is 0 Å². The zero-order chi connectivity index (χ0) is 20.9. The van der Waals surface area contributed by atoms with Crippen molar-refractivity contribution >= 4 is 17.6 Å². The van der Waals surface area contributed by atoms with Gasteiger partial charge in [0.1, 0.15) is 6.04 Å². The Morgan fingerprint density at radius 1 is 1.14 bits per heavy atom. The predicted octanol–water partition coefficient (Wildman–Crippen LogP) is 5.22. The number of likely N-dealkylation sites (N-methyl/N-ethyl adjacent to an activating group) is 1. The summed E-state index contributed by atoms with van der Waals surface area (Å²) in [7, 11) is 1.80. The summed E-state index contributed by atoms with van der Waals surface area (Å²) in [6, 6.07) is 9.09. The monoisotopic (exact) mass is 389 g/mol. The first-order valence-electron chi connectivity index (χ1n) is 10.2. The molecule has 0 saturated heterocycles. The van der Waals surface area contributed by atoms with Gasteiger partial charge in [-0.15, -0.1) is 6.58 Å². The fourth-order valence-electron chi connectivity index (χ4n) is 3.78. The van der Waals surface area contributed by atoms with Gasteiger partial charge in [-0.2, -0.15) is 0 Å². The van der Waals surface area contributed by atoms with E-state index in [0.717, 1.165) is 12.1 Å². The van der Waals surface area contributed by atoms with Gasteiger partial charge in [-0.1, -0.05) is 63.3 Å². The van der Waals surface area contributed by atoms with Crippen LogP contribution in [0.5, 0.6) is 0 Å². The highest BCUT2D eigenvalue weighted by Crippen LogP contribution is 2.30. The molecule has 2 rings (SSSR count). The molecule has 1 aliphatic carbocycles. The minimum Gasteiger partial charge on any atom is -0.481 e. The number of anilines is 1. The van der Waals surface area contributed by atoms with E-state index < -0.39 is 18.0 Å². The zero-order valence-corrected chi connectivity index (χ0v) is 17.2. The van der Waals surface area contributed by atoms with Gasteiger partial charge in [0, 0.05) is 12.7 Å². The molecule has 1 fully saturated rings. The molecule has 0 heterocycles. The van der Waals surface area contributed by atoms with Crippen molar-refractivity contribution in [3.05, 3.63) is 43.0 Å². The van der Waals surface area contributed by atoms with Gasteiger partial charge < -0.3 is 15.1 Å². The predicted molar refractivity (Wildman–Crippen MR) is 114 cm³/mol.